The number of thioether (sulfide) groups is 1. The Kier molecular flexibility index (Phi) is 23.1. The molecule has 0 heterocycles. The largest absolute Gasteiger partial charge is 0.328 e. The Hall–Kier alpha value is -0.0200. The van der Waals surface area contributed by atoms with Gasteiger partial charge in [0.15, 0.2) is 5.12 Å². The maximum atomic E-state index is 10.9. The van der Waals surface area contributed by atoms with Gasteiger partial charge in [-0.3, -0.25) is 4.79 Å². The van der Waals surface area contributed by atoms with Crippen molar-refractivity contribution >= 4 is 16.9 Å². The summed E-state index contributed by atoms with van der Waals surface area (Å²) >= 11 is 1.48. The van der Waals surface area contributed by atoms with Gasteiger partial charge in [-0.25, -0.2) is 0 Å². The fraction of sp³-hybridized carbons (Fsp3) is 0.964. The van der Waals surface area contributed by atoms with Gasteiger partial charge in [0.25, 0.3) is 0 Å². The van der Waals surface area contributed by atoms with E-state index >= 15 is 0 Å². The Morgan fingerprint density at radius 1 is 0.548 bits per heavy atom. The summed E-state index contributed by atoms with van der Waals surface area (Å²) in [5, 5.41) is 0.265. The molecule has 0 spiro atoms. The molecule has 0 aromatic rings. The summed E-state index contributed by atoms with van der Waals surface area (Å²) in [5.41, 5.74) is 0. The molecule has 0 aromatic carbocycles. The number of carbonyl (C=O) groups excluding carboxylic acids is 1. The highest BCUT2D eigenvalue weighted by molar-refractivity contribution is 8.13. The first-order valence-corrected chi connectivity index (χ1v) is 14.9. The summed E-state index contributed by atoms with van der Waals surface area (Å²) in [6.07, 6.45) is 28.1. The van der Waals surface area contributed by atoms with Crippen molar-refractivity contribution in [2.75, 3.05) is 32.9 Å². The maximum absolute atomic E-state index is 10.9. The van der Waals surface area contributed by atoms with Gasteiger partial charge in [0.1, 0.15) is 0 Å². The molecule has 0 saturated carbocycles. The van der Waals surface area contributed by atoms with Crippen molar-refractivity contribution in [1.29, 1.82) is 0 Å². The SMILES string of the molecule is CCCCCCCCCCCC[N+](C)(C)CCCCCCCCCCCCSC(C)=O. The van der Waals surface area contributed by atoms with Crippen LogP contribution in [0.4, 0.5) is 0 Å². The van der Waals surface area contributed by atoms with Crippen LogP contribution in [0.5, 0.6) is 0 Å². The van der Waals surface area contributed by atoms with Gasteiger partial charge < -0.3 is 4.48 Å². The van der Waals surface area contributed by atoms with Crippen molar-refractivity contribution in [3.8, 4) is 0 Å². The van der Waals surface area contributed by atoms with Crippen LogP contribution in [0.1, 0.15) is 142 Å². The summed E-state index contributed by atoms with van der Waals surface area (Å²) in [4.78, 5) is 10.9. The van der Waals surface area contributed by atoms with Crippen molar-refractivity contribution in [3.05, 3.63) is 0 Å². The first-order valence-electron chi connectivity index (χ1n) is 13.9. The Morgan fingerprint density at radius 3 is 1.23 bits per heavy atom. The fourth-order valence-corrected chi connectivity index (χ4v) is 5.05. The van der Waals surface area contributed by atoms with Crippen molar-refractivity contribution in [2.45, 2.75) is 142 Å². The van der Waals surface area contributed by atoms with Crippen molar-refractivity contribution in [2.24, 2.45) is 0 Å². The van der Waals surface area contributed by atoms with Crippen LogP contribution in [0.15, 0.2) is 0 Å². The zero-order valence-electron chi connectivity index (χ0n) is 22.0. The quantitative estimate of drug-likeness (QED) is 0.106. The zero-order valence-corrected chi connectivity index (χ0v) is 22.8. The lowest BCUT2D eigenvalue weighted by Gasteiger charge is -2.30. The van der Waals surface area contributed by atoms with E-state index in [1.165, 1.54) is 158 Å². The lowest BCUT2D eigenvalue weighted by molar-refractivity contribution is -0.890. The third-order valence-electron chi connectivity index (χ3n) is 6.58. The third kappa shape index (κ3) is 26.1. The second-order valence-corrected chi connectivity index (χ2v) is 11.7. The van der Waals surface area contributed by atoms with Gasteiger partial charge >= 0.3 is 0 Å². The Bertz CT molecular complexity index is 383. The van der Waals surface area contributed by atoms with E-state index in [4.69, 9.17) is 0 Å². The molecular formula is C28H58NOS+. The molecule has 186 valence electrons. The summed E-state index contributed by atoms with van der Waals surface area (Å²) < 4.78 is 1.22. The van der Waals surface area contributed by atoms with Gasteiger partial charge in [0.2, 0.25) is 0 Å². The highest BCUT2D eigenvalue weighted by atomic mass is 32.2. The summed E-state index contributed by atoms with van der Waals surface area (Å²) in [6, 6.07) is 0. The Labute approximate surface area is 201 Å². The summed E-state index contributed by atoms with van der Waals surface area (Å²) in [7, 11) is 4.87. The number of quaternary nitrogens is 1. The van der Waals surface area contributed by atoms with E-state index in [1.807, 2.05) is 0 Å². The van der Waals surface area contributed by atoms with Gasteiger partial charge in [0, 0.05) is 12.7 Å². The average Bonchev–Trinajstić information content (AvgIpc) is 2.72. The molecule has 0 atom stereocenters. The van der Waals surface area contributed by atoms with E-state index in [-0.39, 0.29) is 5.12 Å². The van der Waals surface area contributed by atoms with Crippen LogP contribution in [-0.2, 0) is 4.79 Å². The van der Waals surface area contributed by atoms with E-state index in [9.17, 15) is 4.79 Å². The van der Waals surface area contributed by atoms with Crippen LogP contribution < -0.4 is 0 Å². The molecule has 0 radical (unpaired) electrons. The van der Waals surface area contributed by atoms with Crippen LogP contribution in [0.2, 0.25) is 0 Å². The predicted molar refractivity (Wildman–Crippen MR) is 143 cm³/mol. The highest BCUT2D eigenvalue weighted by Crippen LogP contribution is 2.15. The molecule has 0 aromatic heterocycles. The molecular weight excluding hydrogens is 398 g/mol. The second-order valence-electron chi connectivity index (χ2n) is 10.4. The molecule has 0 rings (SSSR count). The first kappa shape index (κ1) is 31.0. The molecule has 0 aliphatic carbocycles. The molecule has 0 bridgehead atoms. The number of rotatable bonds is 24. The van der Waals surface area contributed by atoms with Crippen LogP contribution in [0.3, 0.4) is 0 Å². The second kappa shape index (κ2) is 23.1. The van der Waals surface area contributed by atoms with Gasteiger partial charge in [0.05, 0.1) is 27.2 Å². The van der Waals surface area contributed by atoms with Gasteiger partial charge in [-0.05, 0) is 32.1 Å². The van der Waals surface area contributed by atoms with E-state index in [0.717, 1.165) is 5.75 Å². The van der Waals surface area contributed by atoms with Crippen molar-refractivity contribution < 1.29 is 9.28 Å². The zero-order chi connectivity index (χ0) is 23.0. The molecule has 0 amide bonds. The molecule has 0 fully saturated rings. The fourth-order valence-electron chi connectivity index (χ4n) is 4.41. The van der Waals surface area contributed by atoms with Crippen LogP contribution in [0.25, 0.3) is 0 Å². The lowest BCUT2D eigenvalue weighted by Crippen LogP contribution is -2.41. The molecule has 0 aliphatic rings. The molecule has 3 heteroatoms. The minimum atomic E-state index is 0.265. The maximum Gasteiger partial charge on any atom is 0.185 e. The van der Waals surface area contributed by atoms with Gasteiger partial charge in [-0.15, -0.1) is 0 Å². The molecule has 0 saturated heterocycles. The van der Waals surface area contributed by atoms with Gasteiger partial charge in [-0.2, -0.15) is 0 Å². The number of nitrogens with zero attached hydrogens (tertiary/aromatic N) is 1. The standard InChI is InChI=1S/C28H58NOS/c1-5-6-7-8-9-10-13-16-19-22-25-29(3,4)26-23-20-17-14-11-12-15-18-21-24-27-31-28(2)30/h5-27H2,1-4H3/q+1. The Morgan fingerprint density at radius 2 is 0.871 bits per heavy atom. The lowest BCUT2D eigenvalue weighted by atomic mass is 10.1. The minimum absolute atomic E-state index is 0.265. The molecule has 0 aliphatic heterocycles. The Balaban J connectivity index is 3.31. The van der Waals surface area contributed by atoms with Crippen LogP contribution in [-0.4, -0.2) is 42.5 Å². The molecule has 2 nitrogen and oxygen atoms in total. The highest BCUT2D eigenvalue weighted by Gasteiger charge is 2.13. The predicted octanol–water partition coefficient (Wildman–Crippen LogP) is 9.16. The van der Waals surface area contributed by atoms with Crippen molar-refractivity contribution in [1.82, 2.24) is 0 Å². The van der Waals surface area contributed by atoms with Crippen LogP contribution in [0, 0.1) is 0 Å². The topological polar surface area (TPSA) is 17.1 Å². The minimum Gasteiger partial charge on any atom is -0.328 e. The smallest absolute Gasteiger partial charge is 0.185 e. The molecule has 0 N–H and O–H groups in total. The number of carbonyl (C=O) groups is 1. The third-order valence-corrected chi connectivity index (χ3v) is 7.48. The van der Waals surface area contributed by atoms with Gasteiger partial charge in [-0.1, -0.05) is 115 Å². The van der Waals surface area contributed by atoms with E-state index in [0.29, 0.717) is 0 Å². The number of hydrogen-bond donors (Lipinski definition) is 0. The molecule has 0 unspecified atom stereocenters. The average molecular weight is 457 g/mol. The van der Waals surface area contributed by atoms with E-state index in [2.05, 4.69) is 21.0 Å². The van der Waals surface area contributed by atoms with Crippen LogP contribution >= 0.6 is 11.8 Å². The monoisotopic (exact) mass is 456 g/mol. The summed E-state index contributed by atoms with van der Waals surface area (Å²) in [5.74, 6) is 1.02. The van der Waals surface area contributed by atoms with E-state index in [1.54, 1.807) is 6.92 Å². The first-order chi connectivity index (χ1) is 15.0. The normalized spacial score (nSPS) is 11.9. The summed E-state index contributed by atoms with van der Waals surface area (Å²) in [6.45, 7) is 6.69. The van der Waals surface area contributed by atoms with E-state index < -0.39 is 0 Å². The van der Waals surface area contributed by atoms with Crippen molar-refractivity contribution in [3.63, 3.8) is 0 Å². The number of hydrogen-bond acceptors (Lipinski definition) is 2. The molecule has 31 heavy (non-hydrogen) atoms. The number of unbranched alkanes of at least 4 members (excludes halogenated alkanes) is 18.